The molecule has 0 amide bonds. The molecule has 0 atom stereocenters. The van der Waals surface area contributed by atoms with E-state index >= 15 is 0 Å². The molecule has 0 bridgehead atoms. The second-order valence-corrected chi connectivity index (χ2v) is 6.04. The summed E-state index contributed by atoms with van der Waals surface area (Å²) in [6.07, 6.45) is -2.86. The molecule has 0 saturated heterocycles. The number of aromatic amines is 1. The third kappa shape index (κ3) is 3.10. The van der Waals surface area contributed by atoms with Gasteiger partial charge in [-0.1, -0.05) is 12.1 Å². The van der Waals surface area contributed by atoms with E-state index in [-0.39, 0.29) is 0 Å². The van der Waals surface area contributed by atoms with Crippen LogP contribution >= 0.6 is 0 Å². The van der Waals surface area contributed by atoms with Crippen LogP contribution in [-0.4, -0.2) is 28.3 Å². The molecule has 1 N–H and O–H groups in total. The van der Waals surface area contributed by atoms with Crippen LogP contribution in [0.1, 0.15) is 11.4 Å². The minimum absolute atomic E-state index is 0.595. The first-order chi connectivity index (χ1) is 12.5. The maximum absolute atomic E-state index is 12.8. The maximum atomic E-state index is 12.8. The zero-order valence-corrected chi connectivity index (χ0v) is 13.7. The molecule has 134 valence electrons. The molecule has 3 aromatic rings. The van der Waals surface area contributed by atoms with Crippen molar-refractivity contribution in [2.75, 3.05) is 22.9 Å². The lowest BCUT2D eigenvalue weighted by Crippen LogP contribution is -2.38. The summed E-state index contributed by atoms with van der Waals surface area (Å²) in [4.78, 5) is 8.38. The number of hydrogen-bond acceptors (Lipinski definition) is 4. The average Bonchev–Trinajstić information content (AvgIpc) is 3.15. The largest absolute Gasteiger partial charge is 0.416 e. The fourth-order valence-corrected chi connectivity index (χ4v) is 3.17. The first-order valence-electron chi connectivity index (χ1n) is 8.15. The molecule has 0 radical (unpaired) electrons. The number of hydrogen-bond donors (Lipinski definition) is 1. The minimum atomic E-state index is -4.33. The van der Waals surface area contributed by atoms with Crippen molar-refractivity contribution >= 4 is 17.1 Å². The number of aromatic nitrogens is 3. The number of nitrogens with one attached hydrogen (secondary N) is 1. The number of H-pyrrole nitrogens is 1. The number of halogens is 3. The maximum Gasteiger partial charge on any atom is 0.416 e. The lowest BCUT2D eigenvalue weighted by Gasteiger charge is -2.38. The summed E-state index contributed by atoms with van der Waals surface area (Å²) in [5.74, 6) is 0.766. The molecule has 26 heavy (non-hydrogen) atoms. The number of alkyl halides is 3. The highest BCUT2D eigenvalue weighted by Crippen LogP contribution is 2.39. The number of benzene rings is 2. The first kappa shape index (κ1) is 16.4. The average molecular weight is 359 g/mol. The van der Waals surface area contributed by atoms with Crippen molar-refractivity contribution in [2.45, 2.75) is 12.7 Å². The van der Waals surface area contributed by atoms with Crippen LogP contribution in [-0.2, 0) is 12.7 Å². The van der Waals surface area contributed by atoms with Crippen molar-refractivity contribution in [2.24, 2.45) is 0 Å². The Balaban J connectivity index is 1.64. The van der Waals surface area contributed by atoms with Crippen molar-refractivity contribution in [3.63, 3.8) is 0 Å². The molecule has 1 aliphatic heterocycles. The highest BCUT2D eigenvalue weighted by atomic mass is 19.4. The third-order valence-corrected chi connectivity index (χ3v) is 4.42. The van der Waals surface area contributed by atoms with Gasteiger partial charge < -0.3 is 9.80 Å². The van der Waals surface area contributed by atoms with Gasteiger partial charge in [-0.3, -0.25) is 5.10 Å². The summed E-state index contributed by atoms with van der Waals surface area (Å²) < 4.78 is 38.4. The van der Waals surface area contributed by atoms with Gasteiger partial charge in [0, 0.05) is 18.8 Å². The predicted octanol–water partition coefficient (Wildman–Crippen LogP) is 3.98. The van der Waals surface area contributed by atoms with Gasteiger partial charge in [0.25, 0.3) is 0 Å². The van der Waals surface area contributed by atoms with Crippen molar-refractivity contribution in [3.8, 4) is 0 Å². The highest BCUT2D eigenvalue weighted by molar-refractivity contribution is 5.79. The van der Waals surface area contributed by atoms with Gasteiger partial charge in [0.1, 0.15) is 12.2 Å². The summed E-state index contributed by atoms with van der Waals surface area (Å²) in [6, 6.07) is 13.1. The topological polar surface area (TPSA) is 48.1 Å². The second-order valence-electron chi connectivity index (χ2n) is 6.04. The van der Waals surface area contributed by atoms with Crippen LogP contribution < -0.4 is 9.80 Å². The molecule has 4 rings (SSSR count). The monoisotopic (exact) mass is 359 g/mol. The quantitative estimate of drug-likeness (QED) is 0.768. The SMILES string of the molecule is FC(F)(F)c1ccc(N2CCN(Cc3ncn[nH]3)c3ccccc32)cc1. The Morgan fingerprint density at radius 1 is 0.962 bits per heavy atom. The molecule has 1 aliphatic rings. The van der Waals surface area contributed by atoms with E-state index in [0.29, 0.717) is 13.1 Å². The van der Waals surface area contributed by atoms with E-state index in [9.17, 15) is 13.2 Å². The Morgan fingerprint density at radius 3 is 2.35 bits per heavy atom. The van der Waals surface area contributed by atoms with Crippen LogP contribution in [0.5, 0.6) is 0 Å². The van der Waals surface area contributed by atoms with Crippen molar-refractivity contribution in [3.05, 3.63) is 66.2 Å². The van der Waals surface area contributed by atoms with Crippen molar-refractivity contribution in [1.82, 2.24) is 15.2 Å². The molecule has 0 unspecified atom stereocenters. The molecule has 0 saturated carbocycles. The second kappa shape index (κ2) is 6.36. The van der Waals surface area contributed by atoms with Gasteiger partial charge in [-0.05, 0) is 36.4 Å². The van der Waals surface area contributed by atoms with Gasteiger partial charge in [0.05, 0.1) is 23.5 Å². The van der Waals surface area contributed by atoms with Crippen LogP contribution in [0.4, 0.5) is 30.2 Å². The summed E-state index contributed by atoms with van der Waals surface area (Å²) in [7, 11) is 0. The van der Waals surface area contributed by atoms with Crippen LogP contribution in [0.25, 0.3) is 0 Å². The standard InChI is InChI=1S/C18H16F3N5/c19-18(20,21)13-5-7-14(8-6-13)26-10-9-25(11-17-22-12-23-24-17)15-3-1-2-4-16(15)26/h1-8,12H,9-11H2,(H,22,23,24). The Kier molecular flexibility index (Phi) is 4.02. The molecule has 5 nitrogen and oxygen atoms in total. The number of fused-ring (bicyclic) bond motifs is 1. The molecular formula is C18H16F3N5. The normalized spacial score (nSPS) is 14.4. The molecular weight excluding hydrogens is 343 g/mol. The lowest BCUT2D eigenvalue weighted by molar-refractivity contribution is -0.137. The fourth-order valence-electron chi connectivity index (χ4n) is 3.17. The summed E-state index contributed by atoms with van der Waals surface area (Å²) in [5.41, 5.74) is 2.07. The van der Waals surface area contributed by atoms with E-state index in [4.69, 9.17) is 0 Å². The lowest BCUT2D eigenvalue weighted by atomic mass is 10.1. The molecule has 8 heteroatoms. The van der Waals surface area contributed by atoms with Crippen LogP contribution in [0, 0.1) is 0 Å². The van der Waals surface area contributed by atoms with Crippen LogP contribution in [0.15, 0.2) is 54.9 Å². The molecule has 2 heterocycles. The van der Waals surface area contributed by atoms with Gasteiger partial charge in [0.2, 0.25) is 0 Å². The Hall–Kier alpha value is -3.03. The van der Waals surface area contributed by atoms with E-state index in [2.05, 4.69) is 20.1 Å². The van der Waals surface area contributed by atoms with E-state index in [1.54, 1.807) is 0 Å². The Morgan fingerprint density at radius 2 is 1.69 bits per heavy atom. The summed E-state index contributed by atoms with van der Waals surface area (Å²) in [6.45, 7) is 1.98. The molecule has 2 aromatic carbocycles. The van der Waals surface area contributed by atoms with Crippen molar-refractivity contribution < 1.29 is 13.2 Å². The van der Waals surface area contributed by atoms with Gasteiger partial charge in [-0.25, -0.2) is 4.98 Å². The Labute approximate surface area is 148 Å². The minimum Gasteiger partial charge on any atom is -0.361 e. The number of para-hydroxylation sites is 2. The Bertz CT molecular complexity index is 875. The smallest absolute Gasteiger partial charge is 0.361 e. The van der Waals surface area contributed by atoms with Gasteiger partial charge in [-0.15, -0.1) is 0 Å². The summed E-state index contributed by atoms with van der Waals surface area (Å²) in [5, 5.41) is 6.72. The highest BCUT2D eigenvalue weighted by Gasteiger charge is 2.31. The van der Waals surface area contributed by atoms with E-state index in [1.165, 1.54) is 18.5 Å². The molecule has 1 aromatic heterocycles. The fraction of sp³-hybridized carbons (Fsp3) is 0.222. The van der Waals surface area contributed by atoms with E-state index < -0.39 is 11.7 Å². The van der Waals surface area contributed by atoms with Gasteiger partial charge in [-0.2, -0.15) is 18.3 Å². The molecule has 0 aliphatic carbocycles. The molecule has 0 fully saturated rings. The van der Waals surface area contributed by atoms with Gasteiger partial charge in [0.15, 0.2) is 0 Å². The number of anilines is 3. The number of rotatable bonds is 3. The third-order valence-electron chi connectivity index (χ3n) is 4.42. The molecule has 0 spiro atoms. The van der Waals surface area contributed by atoms with Gasteiger partial charge >= 0.3 is 6.18 Å². The zero-order valence-electron chi connectivity index (χ0n) is 13.7. The van der Waals surface area contributed by atoms with Crippen LogP contribution in [0.2, 0.25) is 0 Å². The van der Waals surface area contributed by atoms with E-state index in [0.717, 1.165) is 41.6 Å². The van der Waals surface area contributed by atoms with E-state index in [1.807, 2.05) is 29.2 Å². The van der Waals surface area contributed by atoms with Crippen molar-refractivity contribution in [1.29, 1.82) is 0 Å². The first-order valence-corrected chi connectivity index (χ1v) is 8.15. The van der Waals surface area contributed by atoms with Crippen LogP contribution in [0.3, 0.4) is 0 Å². The summed E-state index contributed by atoms with van der Waals surface area (Å²) >= 11 is 0. The number of nitrogens with zero attached hydrogens (tertiary/aromatic N) is 4. The zero-order chi connectivity index (χ0) is 18.1. The predicted molar refractivity (Wildman–Crippen MR) is 92.3 cm³/mol.